The Morgan fingerprint density at radius 3 is 3.00 bits per heavy atom. The number of thiazole rings is 1. The summed E-state index contributed by atoms with van der Waals surface area (Å²) in [5.41, 5.74) is 8.19. The number of hydrogen-bond acceptors (Lipinski definition) is 5. The fourth-order valence-corrected chi connectivity index (χ4v) is 1.94. The molecule has 74 valence electrons. The van der Waals surface area contributed by atoms with Gasteiger partial charge >= 0.3 is 0 Å². The molecule has 0 aliphatic carbocycles. The van der Waals surface area contributed by atoms with Gasteiger partial charge in [-0.05, 0) is 6.92 Å². The molecule has 5 heteroatoms. The number of hydrogen-bond donors (Lipinski definition) is 1. The van der Waals surface area contributed by atoms with Crippen molar-refractivity contribution in [3.05, 3.63) is 23.3 Å². The molecular formula is C9H11N3OS. The number of aromatic nitrogens is 2. The van der Waals surface area contributed by atoms with E-state index in [1.54, 1.807) is 23.0 Å². The molecule has 2 rings (SSSR count). The Balaban J connectivity index is 2.29. The molecule has 14 heavy (non-hydrogen) atoms. The van der Waals surface area contributed by atoms with Crippen LogP contribution in [0.3, 0.4) is 0 Å². The number of nitrogens with two attached hydrogens (primary N) is 1. The normalized spacial score (nSPS) is 10.7. The van der Waals surface area contributed by atoms with Gasteiger partial charge in [-0.2, -0.15) is 0 Å². The summed E-state index contributed by atoms with van der Waals surface area (Å²) in [6, 6.07) is 0. The summed E-state index contributed by atoms with van der Waals surface area (Å²) in [4.78, 5) is 9.33. The highest BCUT2D eigenvalue weighted by Crippen LogP contribution is 2.27. The van der Waals surface area contributed by atoms with E-state index in [2.05, 4.69) is 9.97 Å². The Morgan fingerprint density at radius 2 is 2.36 bits per heavy atom. The summed E-state index contributed by atoms with van der Waals surface area (Å²) in [6.07, 6.45) is 2.41. The van der Waals surface area contributed by atoms with E-state index >= 15 is 0 Å². The van der Waals surface area contributed by atoms with E-state index in [9.17, 15) is 0 Å². The number of oxazole rings is 1. The summed E-state index contributed by atoms with van der Waals surface area (Å²) in [6.45, 7) is 2.51. The first-order valence-electron chi connectivity index (χ1n) is 4.36. The molecule has 0 saturated heterocycles. The van der Waals surface area contributed by atoms with Crippen LogP contribution in [0.5, 0.6) is 0 Å². The predicted molar refractivity (Wildman–Crippen MR) is 55.1 cm³/mol. The van der Waals surface area contributed by atoms with Gasteiger partial charge in [-0.25, -0.2) is 9.97 Å². The van der Waals surface area contributed by atoms with Gasteiger partial charge in [0.05, 0.1) is 22.3 Å². The van der Waals surface area contributed by atoms with Crippen molar-refractivity contribution in [3.8, 4) is 10.6 Å². The van der Waals surface area contributed by atoms with Crippen molar-refractivity contribution in [1.29, 1.82) is 0 Å². The number of rotatable bonds is 3. The van der Waals surface area contributed by atoms with E-state index < -0.39 is 0 Å². The second-order valence-electron chi connectivity index (χ2n) is 2.92. The number of nitrogens with zero attached hydrogens (tertiary/aromatic N) is 2. The van der Waals surface area contributed by atoms with Crippen LogP contribution in [0.15, 0.2) is 16.1 Å². The highest BCUT2D eigenvalue weighted by atomic mass is 32.1. The highest BCUT2D eigenvalue weighted by molar-refractivity contribution is 7.13. The molecule has 0 atom stereocenters. The van der Waals surface area contributed by atoms with Crippen molar-refractivity contribution in [2.45, 2.75) is 13.3 Å². The van der Waals surface area contributed by atoms with E-state index in [-0.39, 0.29) is 0 Å². The third-order valence-corrected chi connectivity index (χ3v) is 2.82. The molecule has 2 heterocycles. The van der Waals surface area contributed by atoms with Crippen LogP contribution in [0.4, 0.5) is 0 Å². The first-order chi connectivity index (χ1) is 6.81. The van der Waals surface area contributed by atoms with Gasteiger partial charge in [-0.3, -0.25) is 0 Å². The lowest BCUT2D eigenvalue weighted by atomic mass is 10.3. The lowest BCUT2D eigenvalue weighted by molar-refractivity contribution is 0.508. The van der Waals surface area contributed by atoms with Gasteiger partial charge in [0, 0.05) is 13.0 Å². The van der Waals surface area contributed by atoms with Crippen LogP contribution in [0.25, 0.3) is 10.6 Å². The third kappa shape index (κ3) is 1.69. The largest absolute Gasteiger partial charge is 0.440 e. The summed E-state index contributed by atoms with van der Waals surface area (Å²) < 4.78 is 5.53. The first kappa shape index (κ1) is 9.36. The molecule has 0 aliphatic heterocycles. The van der Waals surface area contributed by atoms with Crippen LogP contribution < -0.4 is 5.73 Å². The minimum atomic E-state index is 0.557. The standard InChI is InChI=1S/C9H11N3OS/c1-6-9(14-5-12-6)7-4-11-8(13-7)2-3-10/h4-5H,2-3,10H2,1H3. The Morgan fingerprint density at radius 1 is 1.50 bits per heavy atom. The third-order valence-electron chi connectivity index (χ3n) is 1.88. The zero-order valence-electron chi connectivity index (χ0n) is 7.86. The average molecular weight is 209 g/mol. The van der Waals surface area contributed by atoms with E-state index in [0.29, 0.717) is 18.9 Å². The van der Waals surface area contributed by atoms with Gasteiger partial charge in [-0.15, -0.1) is 11.3 Å². The van der Waals surface area contributed by atoms with Crippen molar-refractivity contribution < 1.29 is 4.42 Å². The molecule has 0 aliphatic rings. The van der Waals surface area contributed by atoms with Crippen LogP contribution in [-0.4, -0.2) is 16.5 Å². The fourth-order valence-electron chi connectivity index (χ4n) is 1.19. The minimum Gasteiger partial charge on any atom is -0.440 e. The molecule has 0 amide bonds. The van der Waals surface area contributed by atoms with Crippen LogP contribution in [0, 0.1) is 6.92 Å². The topological polar surface area (TPSA) is 64.9 Å². The molecule has 0 radical (unpaired) electrons. The molecule has 0 fully saturated rings. The maximum Gasteiger partial charge on any atom is 0.196 e. The quantitative estimate of drug-likeness (QED) is 0.834. The van der Waals surface area contributed by atoms with Gasteiger partial charge < -0.3 is 10.2 Å². The fraction of sp³-hybridized carbons (Fsp3) is 0.333. The van der Waals surface area contributed by atoms with E-state index in [1.807, 2.05) is 6.92 Å². The van der Waals surface area contributed by atoms with Gasteiger partial charge in [0.25, 0.3) is 0 Å². The van der Waals surface area contributed by atoms with Crippen molar-refractivity contribution in [3.63, 3.8) is 0 Å². The minimum absolute atomic E-state index is 0.557. The summed E-state index contributed by atoms with van der Waals surface area (Å²) in [5, 5.41) is 0. The molecule has 2 aromatic rings. The van der Waals surface area contributed by atoms with Gasteiger partial charge in [-0.1, -0.05) is 0 Å². The molecule has 2 aromatic heterocycles. The van der Waals surface area contributed by atoms with Gasteiger partial charge in [0.15, 0.2) is 11.7 Å². The molecule has 0 saturated carbocycles. The average Bonchev–Trinajstić information content (AvgIpc) is 2.74. The SMILES string of the molecule is Cc1ncsc1-c1cnc(CCN)o1. The van der Waals surface area contributed by atoms with E-state index in [0.717, 1.165) is 16.3 Å². The lowest BCUT2D eigenvalue weighted by Crippen LogP contribution is -2.02. The maximum absolute atomic E-state index is 5.53. The Hall–Kier alpha value is -1.20. The van der Waals surface area contributed by atoms with Gasteiger partial charge in [0.2, 0.25) is 0 Å². The predicted octanol–water partition coefficient (Wildman–Crippen LogP) is 1.61. The van der Waals surface area contributed by atoms with E-state index in [1.165, 1.54) is 0 Å². The van der Waals surface area contributed by atoms with E-state index in [4.69, 9.17) is 10.2 Å². The molecule has 4 nitrogen and oxygen atoms in total. The van der Waals surface area contributed by atoms with Crippen molar-refractivity contribution in [2.75, 3.05) is 6.54 Å². The van der Waals surface area contributed by atoms with Crippen LogP contribution in [0.1, 0.15) is 11.6 Å². The second kappa shape index (κ2) is 3.89. The van der Waals surface area contributed by atoms with Crippen LogP contribution in [-0.2, 0) is 6.42 Å². The highest BCUT2D eigenvalue weighted by Gasteiger charge is 2.10. The Labute approximate surface area is 85.8 Å². The van der Waals surface area contributed by atoms with Gasteiger partial charge in [0.1, 0.15) is 0 Å². The Kier molecular flexibility index (Phi) is 2.60. The molecule has 2 N–H and O–H groups in total. The Bertz CT molecular complexity index is 421. The molecule has 0 unspecified atom stereocenters. The monoisotopic (exact) mass is 209 g/mol. The van der Waals surface area contributed by atoms with Crippen molar-refractivity contribution in [2.24, 2.45) is 5.73 Å². The smallest absolute Gasteiger partial charge is 0.196 e. The zero-order valence-corrected chi connectivity index (χ0v) is 8.67. The summed E-state index contributed by atoms with van der Waals surface area (Å²) in [5.74, 6) is 1.48. The summed E-state index contributed by atoms with van der Waals surface area (Å²) >= 11 is 1.56. The zero-order chi connectivity index (χ0) is 9.97. The van der Waals surface area contributed by atoms with Crippen LogP contribution >= 0.6 is 11.3 Å². The lowest BCUT2D eigenvalue weighted by Gasteiger charge is -1.91. The maximum atomic E-state index is 5.53. The molecular weight excluding hydrogens is 198 g/mol. The molecule has 0 spiro atoms. The van der Waals surface area contributed by atoms with Crippen molar-refractivity contribution in [1.82, 2.24) is 9.97 Å². The van der Waals surface area contributed by atoms with Crippen LogP contribution in [0.2, 0.25) is 0 Å². The summed E-state index contributed by atoms with van der Waals surface area (Å²) in [7, 11) is 0. The first-order valence-corrected chi connectivity index (χ1v) is 5.24. The molecule has 0 aromatic carbocycles. The molecule has 0 bridgehead atoms. The second-order valence-corrected chi connectivity index (χ2v) is 3.78. The number of aryl methyl sites for hydroxylation is 1. The van der Waals surface area contributed by atoms with Crippen molar-refractivity contribution >= 4 is 11.3 Å².